The van der Waals surface area contributed by atoms with E-state index in [1.54, 1.807) is 13.0 Å². The van der Waals surface area contributed by atoms with E-state index in [1.807, 2.05) is 42.5 Å². The van der Waals surface area contributed by atoms with Gasteiger partial charge in [-0.3, -0.25) is 4.79 Å². The van der Waals surface area contributed by atoms with E-state index in [-0.39, 0.29) is 5.78 Å². The van der Waals surface area contributed by atoms with Gasteiger partial charge in [-0.2, -0.15) is 0 Å². The molecule has 0 atom stereocenters. The minimum Gasteiger partial charge on any atom is -0.507 e. The fraction of sp³-hybridized carbons (Fsp3) is 0.0833. The monoisotopic (exact) mass is 379 g/mol. The summed E-state index contributed by atoms with van der Waals surface area (Å²) in [6.45, 7) is 1.59. The zero-order valence-corrected chi connectivity index (χ0v) is 16.0. The van der Waals surface area contributed by atoms with Gasteiger partial charge in [0, 0.05) is 12.7 Å². The van der Waals surface area contributed by atoms with Gasteiger partial charge in [-0.05, 0) is 56.1 Å². The van der Waals surface area contributed by atoms with Crippen LogP contribution in [0.1, 0.15) is 27.6 Å². The van der Waals surface area contributed by atoms with Crippen molar-refractivity contribution in [3.05, 3.63) is 71.8 Å². The van der Waals surface area contributed by atoms with Crippen LogP contribution in [0.15, 0.2) is 60.7 Å². The highest BCUT2D eigenvalue weighted by molar-refractivity contribution is 6.36. The molecule has 0 spiro atoms. The summed E-state index contributed by atoms with van der Waals surface area (Å²) in [6.07, 6.45) is 0. The number of carbonyl (C=O) groups excluding carboxylic acids is 2. The topological polar surface area (TPSA) is 52.6 Å². The maximum absolute atomic E-state index is 12.5. The number of hydrogen-bond donors (Lipinski definition) is 0. The Morgan fingerprint density at radius 1 is 0.690 bits per heavy atom. The summed E-state index contributed by atoms with van der Waals surface area (Å²) < 4.78 is 9.81. The van der Waals surface area contributed by atoms with Gasteiger partial charge in [0.1, 0.15) is 0 Å². The van der Waals surface area contributed by atoms with Crippen LogP contribution in [0.25, 0.3) is 43.1 Å². The molecule has 0 aromatic heterocycles. The molecule has 5 rings (SSSR count). The lowest BCUT2D eigenvalue weighted by atomic mass is 9.87. The van der Waals surface area contributed by atoms with Crippen LogP contribution in [0.4, 0.5) is 0 Å². The van der Waals surface area contributed by atoms with Gasteiger partial charge in [0.05, 0.1) is 5.56 Å². The maximum Gasteiger partial charge on any atom is 0.574 e. The fourth-order valence-electron chi connectivity index (χ4n) is 4.35. The van der Waals surface area contributed by atoms with Crippen LogP contribution < -0.4 is 0 Å². The second-order valence-electron chi connectivity index (χ2n) is 7.07. The molecule has 0 heterocycles. The first-order chi connectivity index (χ1) is 14.1. The number of fused-ring (bicyclic) bond motifs is 2. The molecular weight excluding hydrogens is 363 g/mol. The fourth-order valence-corrected chi connectivity index (χ4v) is 4.35. The first-order valence-electron chi connectivity index (χ1n) is 9.30. The molecule has 0 saturated carbocycles. The number of rotatable bonds is 4. The number of carbonyl (C=O) groups is 2. The van der Waals surface area contributed by atoms with E-state index in [0.29, 0.717) is 5.56 Å². The largest absolute Gasteiger partial charge is 0.574 e. The van der Waals surface area contributed by atoms with Crippen molar-refractivity contribution in [3.63, 3.8) is 0 Å². The average molecular weight is 379 g/mol. The Kier molecular flexibility index (Phi) is 4.00. The summed E-state index contributed by atoms with van der Waals surface area (Å²) in [4.78, 5) is 24.7. The molecule has 0 fully saturated rings. The third kappa shape index (κ3) is 2.51. The second-order valence-corrected chi connectivity index (χ2v) is 7.07. The van der Waals surface area contributed by atoms with Gasteiger partial charge < -0.3 is 9.31 Å². The van der Waals surface area contributed by atoms with E-state index >= 15 is 0 Å². The summed E-state index contributed by atoms with van der Waals surface area (Å²) in [5, 5.41) is 8.07. The molecule has 29 heavy (non-hydrogen) atoms. The molecule has 0 N–H and O–H groups in total. The van der Waals surface area contributed by atoms with E-state index < -0.39 is 5.97 Å². The van der Waals surface area contributed by atoms with Crippen LogP contribution in [0.3, 0.4) is 0 Å². The normalized spacial score (nSPS) is 11.5. The molecule has 0 aliphatic heterocycles. The molecule has 0 aliphatic carbocycles. The number of ketones is 1. The van der Waals surface area contributed by atoms with Crippen molar-refractivity contribution in [2.45, 2.75) is 6.92 Å². The van der Waals surface area contributed by atoms with Gasteiger partial charge in [0.15, 0.2) is 5.78 Å². The van der Waals surface area contributed by atoms with Crippen molar-refractivity contribution in [2.75, 3.05) is 7.11 Å². The number of hydrogen-bond acceptors (Lipinski definition) is 4. The first kappa shape index (κ1) is 17.6. The standard InChI is InChI=1S/C24H16BO4/c1-13(26)14-9-10-19-20-11-12-21(24(27)29-25-28-2)18-8-4-7-17(23(18)20)16-6-3-5-15(14)22(16)19/h3-12H,1-2H3. The van der Waals surface area contributed by atoms with Gasteiger partial charge in [0.25, 0.3) is 0 Å². The highest BCUT2D eigenvalue weighted by Gasteiger charge is 2.19. The molecule has 4 nitrogen and oxygen atoms in total. The number of benzene rings is 5. The minimum atomic E-state index is -0.466. The lowest BCUT2D eigenvalue weighted by molar-refractivity contribution is 0.0712. The maximum atomic E-state index is 12.5. The van der Waals surface area contributed by atoms with E-state index in [2.05, 4.69) is 12.1 Å². The van der Waals surface area contributed by atoms with Crippen molar-refractivity contribution in [1.29, 1.82) is 0 Å². The smallest absolute Gasteiger partial charge is 0.507 e. The Morgan fingerprint density at radius 2 is 1.17 bits per heavy atom. The highest BCUT2D eigenvalue weighted by Crippen LogP contribution is 2.41. The van der Waals surface area contributed by atoms with Gasteiger partial charge in [-0.15, -0.1) is 0 Å². The van der Waals surface area contributed by atoms with Crippen LogP contribution in [0, 0.1) is 0 Å². The van der Waals surface area contributed by atoms with Gasteiger partial charge in [-0.1, -0.05) is 54.6 Å². The first-order valence-corrected chi connectivity index (χ1v) is 9.30. The zero-order valence-electron chi connectivity index (χ0n) is 16.0. The third-order valence-electron chi connectivity index (χ3n) is 5.51. The molecule has 139 valence electrons. The van der Waals surface area contributed by atoms with E-state index in [1.165, 1.54) is 7.11 Å². The van der Waals surface area contributed by atoms with Crippen LogP contribution in [-0.4, -0.2) is 26.5 Å². The number of Topliss-reactive ketones (excluding diaryl/α,β-unsaturated/α-hetero) is 1. The van der Waals surface area contributed by atoms with Gasteiger partial charge in [-0.25, -0.2) is 4.79 Å². The SMILES string of the molecule is CO[B]OC(=O)c1ccc2c3ccc(C(C)=O)c4cccc(c5cccc1c52)c43. The molecular formula is C24H16BO4. The summed E-state index contributed by atoms with van der Waals surface area (Å²) in [6, 6.07) is 19.6. The summed E-state index contributed by atoms with van der Waals surface area (Å²) in [7, 11) is 2.45. The highest BCUT2D eigenvalue weighted by atomic mass is 16.6. The van der Waals surface area contributed by atoms with Crippen LogP contribution >= 0.6 is 0 Å². The molecule has 1 radical (unpaired) electrons. The molecule has 0 amide bonds. The van der Waals surface area contributed by atoms with Crippen molar-refractivity contribution in [1.82, 2.24) is 0 Å². The molecule has 0 saturated heterocycles. The predicted molar refractivity (Wildman–Crippen MR) is 116 cm³/mol. The Balaban J connectivity index is 1.95. The van der Waals surface area contributed by atoms with Crippen molar-refractivity contribution < 1.29 is 18.9 Å². The van der Waals surface area contributed by atoms with E-state index in [9.17, 15) is 9.59 Å². The molecule has 5 aromatic rings. The Hall–Kier alpha value is -3.44. The van der Waals surface area contributed by atoms with Gasteiger partial charge >= 0.3 is 13.7 Å². The van der Waals surface area contributed by atoms with Crippen molar-refractivity contribution in [3.8, 4) is 0 Å². The average Bonchev–Trinajstić information content (AvgIpc) is 2.74. The van der Waals surface area contributed by atoms with Crippen LogP contribution in [0.2, 0.25) is 0 Å². The minimum absolute atomic E-state index is 0.0465. The third-order valence-corrected chi connectivity index (χ3v) is 5.51. The quantitative estimate of drug-likeness (QED) is 0.185. The van der Waals surface area contributed by atoms with Crippen LogP contribution in [-0.2, 0) is 9.31 Å². The predicted octanol–water partition coefficient (Wildman–Crippen LogP) is 5.28. The lowest BCUT2D eigenvalue weighted by Crippen LogP contribution is -2.11. The summed E-state index contributed by atoms with van der Waals surface area (Å²) in [5.41, 5.74) is 1.20. The van der Waals surface area contributed by atoms with Crippen molar-refractivity contribution in [2.24, 2.45) is 0 Å². The lowest BCUT2D eigenvalue weighted by Gasteiger charge is -2.17. The Bertz CT molecular complexity index is 1420. The van der Waals surface area contributed by atoms with Crippen LogP contribution in [0.5, 0.6) is 0 Å². The molecule has 5 aromatic carbocycles. The zero-order chi connectivity index (χ0) is 20.1. The molecule has 5 heteroatoms. The van der Waals surface area contributed by atoms with E-state index in [4.69, 9.17) is 9.31 Å². The van der Waals surface area contributed by atoms with Gasteiger partial charge in [0.2, 0.25) is 0 Å². The summed E-state index contributed by atoms with van der Waals surface area (Å²) in [5.74, 6) is -0.420. The van der Waals surface area contributed by atoms with Crippen molar-refractivity contribution >= 4 is 62.5 Å². The molecule has 0 unspecified atom stereocenters. The second kappa shape index (κ2) is 6.57. The molecule has 0 aliphatic rings. The Labute approximate surface area is 167 Å². The summed E-state index contributed by atoms with van der Waals surface area (Å²) >= 11 is 0. The molecule has 0 bridgehead atoms. The Morgan fingerprint density at radius 3 is 1.72 bits per heavy atom. The van der Waals surface area contributed by atoms with E-state index in [0.717, 1.165) is 56.3 Å².